The van der Waals surface area contributed by atoms with Crippen LogP contribution in [0.3, 0.4) is 0 Å². The van der Waals surface area contributed by atoms with Crippen LogP contribution >= 0.6 is 27.5 Å². The van der Waals surface area contributed by atoms with Crippen molar-refractivity contribution in [2.45, 2.75) is 31.3 Å². The van der Waals surface area contributed by atoms with Crippen molar-refractivity contribution in [2.24, 2.45) is 0 Å². The highest BCUT2D eigenvalue weighted by Gasteiger charge is 2.27. The predicted molar refractivity (Wildman–Crippen MR) is 106 cm³/mol. The summed E-state index contributed by atoms with van der Waals surface area (Å²) in [5, 5.41) is 3.29. The van der Waals surface area contributed by atoms with Crippen molar-refractivity contribution in [3.63, 3.8) is 0 Å². The van der Waals surface area contributed by atoms with E-state index >= 15 is 0 Å². The van der Waals surface area contributed by atoms with E-state index in [0.29, 0.717) is 5.02 Å². The Bertz CT molecular complexity index is 853. The summed E-state index contributed by atoms with van der Waals surface area (Å²) in [5.74, 6) is -0.352. The van der Waals surface area contributed by atoms with Gasteiger partial charge in [0.1, 0.15) is 0 Å². The van der Waals surface area contributed by atoms with E-state index in [1.807, 2.05) is 13.8 Å². The van der Waals surface area contributed by atoms with Crippen LogP contribution in [0.4, 0.5) is 0 Å². The molecule has 0 spiro atoms. The number of benzene rings is 2. The normalized spacial score (nSPS) is 11.8. The van der Waals surface area contributed by atoms with Gasteiger partial charge in [-0.15, -0.1) is 0 Å². The molecule has 0 radical (unpaired) electrons. The zero-order chi connectivity index (χ0) is 19.3. The number of halogens is 2. The summed E-state index contributed by atoms with van der Waals surface area (Å²) in [6.07, 6.45) is 0. The maximum atomic E-state index is 13.0. The smallest absolute Gasteiger partial charge is 0.243 e. The summed E-state index contributed by atoms with van der Waals surface area (Å²) in [6.45, 7) is 3.45. The van der Waals surface area contributed by atoms with Gasteiger partial charge in [0.2, 0.25) is 15.9 Å². The van der Waals surface area contributed by atoms with E-state index in [4.69, 9.17) is 11.6 Å². The zero-order valence-electron chi connectivity index (χ0n) is 14.4. The van der Waals surface area contributed by atoms with Crippen LogP contribution in [0.2, 0.25) is 5.02 Å². The number of hydrogen-bond acceptors (Lipinski definition) is 3. The maximum Gasteiger partial charge on any atom is 0.243 e. The second-order valence-electron chi connectivity index (χ2n) is 6.08. The van der Waals surface area contributed by atoms with Gasteiger partial charge < -0.3 is 5.32 Å². The summed E-state index contributed by atoms with van der Waals surface area (Å²) in [6, 6.07) is 13.1. The lowest BCUT2D eigenvalue weighted by Gasteiger charge is -2.22. The molecular weight excluding hydrogens is 440 g/mol. The van der Waals surface area contributed by atoms with Gasteiger partial charge in [0.15, 0.2) is 0 Å². The first-order chi connectivity index (χ1) is 12.2. The third kappa shape index (κ3) is 5.81. The number of sulfonamides is 1. The fraction of sp³-hybridized carbons (Fsp3) is 0.278. The maximum absolute atomic E-state index is 13.0. The molecule has 0 bridgehead atoms. The van der Waals surface area contributed by atoms with E-state index in [1.54, 1.807) is 36.4 Å². The molecule has 2 aromatic rings. The average Bonchev–Trinajstić information content (AvgIpc) is 2.56. The lowest BCUT2D eigenvalue weighted by molar-refractivity contribution is -0.121. The SMILES string of the molecule is CC(C)NC(=O)CN(Cc1ccc(Cl)cc1)S(=O)(=O)c1ccc(Br)cc1. The molecule has 5 nitrogen and oxygen atoms in total. The largest absolute Gasteiger partial charge is 0.353 e. The Morgan fingerprint density at radius 3 is 2.23 bits per heavy atom. The molecule has 8 heteroatoms. The third-order valence-corrected chi connectivity index (χ3v) is 6.08. The van der Waals surface area contributed by atoms with Gasteiger partial charge in [0.05, 0.1) is 11.4 Å². The lowest BCUT2D eigenvalue weighted by atomic mass is 10.2. The Hall–Kier alpha value is -1.41. The van der Waals surface area contributed by atoms with Crippen LogP contribution in [0, 0.1) is 0 Å². The Balaban J connectivity index is 2.33. The van der Waals surface area contributed by atoms with Gasteiger partial charge in [-0.25, -0.2) is 8.42 Å². The second-order valence-corrected chi connectivity index (χ2v) is 9.37. The Morgan fingerprint density at radius 2 is 1.69 bits per heavy atom. The number of rotatable bonds is 7. The van der Waals surface area contributed by atoms with Gasteiger partial charge in [-0.3, -0.25) is 4.79 Å². The topological polar surface area (TPSA) is 66.5 Å². The Morgan fingerprint density at radius 1 is 1.12 bits per heavy atom. The van der Waals surface area contributed by atoms with Crippen molar-refractivity contribution in [1.29, 1.82) is 0 Å². The number of carbonyl (C=O) groups is 1. The van der Waals surface area contributed by atoms with Gasteiger partial charge >= 0.3 is 0 Å². The molecule has 0 saturated heterocycles. The first kappa shape index (κ1) is 20.9. The number of carbonyl (C=O) groups excluding carboxylic acids is 1. The predicted octanol–water partition coefficient (Wildman–Crippen LogP) is 3.82. The van der Waals surface area contributed by atoms with Crippen LogP contribution in [-0.2, 0) is 21.4 Å². The fourth-order valence-electron chi connectivity index (χ4n) is 2.30. The first-order valence-electron chi connectivity index (χ1n) is 7.98. The number of hydrogen-bond donors (Lipinski definition) is 1. The van der Waals surface area contributed by atoms with Crippen LogP contribution in [0.15, 0.2) is 57.9 Å². The van der Waals surface area contributed by atoms with Gasteiger partial charge in [-0.2, -0.15) is 4.31 Å². The zero-order valence-corrected chi connectivity index (χ0v) is 17.6. The molecular formula is C18H20BrClN2O3S. The van der Waals surface area contributed by atoms with Crippen LogP contribution in [0.25, 0.3) is 0 Å². The van der Waals surface area contributed by atoms with E-state index in [2.05, 4.69) is 21.2 Å². The van der Waals surface area contributed by atoms with Crippen LogP contribution in [0.1, 0.15) is 19.4 Å². The highest BCUT2D eigenvalue weighted by Crippen LogP contribution is 2.21. The average molecular weight is 460 g/mol. The molecule has 26 heavy (non-hydrogen) atoms. The van der Waals surface area contributed by atoms with Gasteiger partial charge in [0, 0.05) is 22.1 Å². The number of amides is 1. The van der Waals surface area contributed by atoms with E-state index < -0.39 is 10.0 Å². The molecule has 0 heterocycles. The van der Waals surface area contributed by atoms with E-state index in [0.717, 1.165) is 14.3 Å². The van der Waals surface area contributed by atoms with Crippen molar-refractivity contribution >= 4 is 43.5 Å². The molecule has 0 aliphatic rings. The molecule has 0 atom stereocenters. The summed E-state index contributed by atoms with van der Waals surface area (Å²) in [4.78, 5) is 12.3. The van der Waals surface area contributed by atoms with Crippen LogP contribution in [0.5, 0.6) is 0 Å². The van der Waals surface area contributed by atoms with Crippen molar-refractivity contribution in [1.82, 2.24) is 9.62 Å². The van der Waals surface area contributed by atoms with Crippen molar-refractivity contribution in [3.8, 4) is 0 Å². The molecule has 140 valence electrons. The minimum atomic E-state index is -3.84. The molecule has 0 unspecified atom stereocenters. The van der Waals surface area contributed by atoms with E-state index in [-0.39, 0.29) is 29.9 Å². The summed E-state index contributed by atoms with van der Waals surface area (Å²) in [7, 11) is -3.84. The fourth-order valence-corrected chi connectivity index (χ4v) is 4.08. The molecule has 2 rings (SSSR count). The van der Waals surface area contributed by atoms with Crippen LogP contribution < -0.4 is 5.32 Å². The molecule has 0 aliphatic carbocycles. The minimum absolute atomic E-state index is 0.0705. The Kier molecular flexibility index (Phi) is 7.23. The molecule has 0 saturated carbocycles. The monoisotopic (exact) mass is 458 g/mol. The highest BCUT2D eigenvalue weighted by molar-refractivity contribution is 9.10. The van der Waals surface area contributed by atoms with Crippen molar-refractivity contribution in [2.75, 3.05) is 6.54 Å². The Labute approximate surface area is 167 Å². The molecule has 1 amide bonds. The van der Waals surface area contributed by atoms with Gasteiger partial charge in [-0.1, -0.05) is 39.7 Å². The third-order valence-electron chi connectivity index (χ3n) is 3.49. The standard InChI is InChI=1S/C18H20BrClN2O3S/c1-13(2)21-18(23)12-22(11-14-3-7-16(20)8-4-14)26(24,25)17-9-5-15(19)6-10-17/h3-10,13H,11-12H2,1-2H3,(H,21,23). The van der Waals surface area contributed by atoms with Crippen molar-refractivity contribution < 1.29 is 13.2 Å². The highest BCUT2D eigenvalue weighted by atomic mass is 79.9. The molecule has 0 aromatic heterocycles. The molecule has 2 aromatic carbocycles. The molecule has 1 N–H and O–H groups in total. The molecule has 0 aliphatic heterocycles. The lowest BCUT2D eigenvalue weighted by Crippen LogP contribution is -2.42. The van der Waals surface area contributed by atoms with Gasteiger partial charge in [-0.05, 0) is 55.8 Å². The van der Waals surface area contributed by atoms with Crippen LogP contribution in [-0.4, -0.2) is 31.2 Å². The van der Waals surface area contributed by atoms with E-state index in [9.17, 15) is 13.2 Å². The quantitative estimate of drug-likeness (QED) is 0.684. The minimum Gasteiger partial charge on any atom is -0.353 e. The second kappa shape index (κ2) is 8.99. The number of nitrogens with zero attached hydrogens (tertiary/aromatic N) is 1. The first-order valence-corrected chi connectivity index (χ1v) is 10.6. The molecule has 0 fully saturated rings. The summed E-state index contributed by atoms with van der Waals surface area (Å²) in [5.41, 5.74) is 0.743. The van der Waals surface area contributed by atoms with Gasteiger partial charge in [0.25, 0.3) is 0 Å². The van der Waals surface area contributed by atoms with E-state index in [1.165, 1.54) is 12.1 Å². The number of nitrogens with one attached hydrogen (secondary N) is 1. The summed E-state index contributed by atoms with van der Waals surface area (Å²) < 4.78 is 28.0. The summed E-state index contributed by atoms with van der Waals surface area (Å²) >= 11 is 9.18. The van der Waals surface area contributed by atoms with Crippen molar-refractivity contribution in [3.05, 3.63) is 63.6 Å².